The van der Waals surface area contributed by atoms with Crippen molar-refractivity contribution >= 4 is 22.6 Å². The number of fused-ring (bicyclic) bond motifs is 1. The van der Waals surface area contributed by atoms with Gasteiger partial charge in [-0.05, 0) is 30.3 Å². The third kappa shape index (κ3) is 3.01. The molecule has 126 valence electrons. The van der Waals surface area contributed by atoms with E-state index in [0.29, 0.717) is 18.2 Å². The van der Waals surface area contributed by atoms with Crippen molar-refractivity contribution in [1.82, 2.24) is 24.5 Å². The minimum absolute atomic E-state index is 0.596. The van der Waals surface area contributed by atoms with Gasteiger partial charge in [0, 0.05) is 30.4 Å². The summed E-state index contributed by atoms with van der Waals surface area (Å²) in [4.78, 5) is 16.7. The van der Waals surface area contributed by atoms with Gasteiger partial charge in [-0.3, -0.25) is 4.98 Å². The number of pyridine rings is 1. The normalized spacial score (nSPS) is 11.3. The van der Waals surface area contributed by atoms with E-state index in [1.54, 1.807) is 25.7 Å². The van der Waals surface area contributed by atoms with Gasteiger partial charge in [0.15, 0.2) is 5.82 Å². The molecule has 0 bridgehead atoms. The van der Waals surface area contributed by atoms with Gasteiger partial charge in [-0.25, -0.2) is 9.97 Å². The van der Waals surface area contributed by atoms with Crippen LogP contribution in [0.3, 0.4) is 0 Å². The van der Waals surface area contributed by atoms with Gasteiger partial charge in [0.25, 0.3) is 0 Å². The standard InChI is InChI=1S/C18H16ClN5O/c1-25-9-8-24-16-6-7-20-10-14(16)23-18(24)15-11-21-17(22-15)12-2-4-13(19)5-3-12/h2-7,10-11H,8-9H2,1H3,(H,21,22). The van der Waals surface area contributed by atoms with E-state index in [2.05, 4.69) is 19.5 Å². The SMILES string of the molecule is COCCn1c(-c2cnc(-c3ccc(Cl)cc3)[nH]2)nc2cnccc21. The number of aromatic amines is 1. The Bertz CT molecular complexity index is 1010. The molecule has 0 aliphatic heterocycles. The molecule has 0 unspecified atom stereocenters. The third-order valence-corrected chi connectivity index (χ3v) is 4.26. The number of aromatic nitrogens is 5. The molecule has 25 heavy (non-hydrogen) atoms. The zero-order chi connectivity index (χ0) is 17.2. The Kier molecular flexibility index (Phi) is 4.21. The van der Waals surface area contributed by atoms with E-state index in [9.17, 15) is 0 Å². The molecule has 0 aliphatic rings. The number of imidazole rings is 2. The summed E-state index contributed by atoms with van der Waals surface area (Å²) in [6.07, 6.45) is 5.32. The Morgan fingerprint density at radius 1 is 1.16 bits per heavy atom. The highest BCUT2D eigenvalue weighted by Gasteiger charge is 2.15. The Labute approximate surface area is 149 Å². The molecule has 6 nitrogen and oxygen atoms in total. The summed E-state index contributed by atoms with van der Waals surface area (Å²) in [7, 11) is 1.69. The maximum Gasteiger partial charge on any atom is 0.159 e. The summed E-state index contributed by atoms with van der Waals surface area (Å²) >= 11 is 5.95. The van der Waals surface area contributed by atoms with Gasteiger partial charge < -0.3 is 14.3 Å². The molecule has 1 N–H and O–H groups in total. The number of hydrogen-bond acceptors (Lipinski definition) is 4. The molecule has 0 radical (unpaired) electrons. The van der Waals surface area contributed by atoms with E-state index in [-0.39, 0.29) is 0 Å². The second-order valence-electron chi connectivity index (χ2n) is 5.60. The lowest BCUT2D eigenvalue weighted by molar-refractivity contribution is 0.188. The van der Waals surface area contributed by atoms with Crippen LogP contribution in [0.15, 0.2) is 48.9 Å². The predicted molar refractivity (Wildman–Crippen MR) is 97.4 cm³/mol. The van der Waals surface area contributed by atoms with Crippen LogP contribution in [0.2, 0.25) is 5.02 Å². The molecule has 0 saturated heterocycles. The predicted octanol–water partition coefficient (Wildman–Crippen LogP) is 3.79. The third-order valence-electron chi connectivity index (χ3n) is 4.00. The van der Waals surface area contributed by atoms with Crippen molar-refractivity contribution in [2.75, 3.05) is 13.7 Å². The highest BCUT2D eigenvalue weighted by Crippen LogP contribution is 2.26. The summed E-state index contributed by atoms with van der Waals surface area (Å²) in [5.41, 5.74) is 3.68. The van der Waals surface area contributed by atoms with Crippen molar-refractivity contribution in [2.45, 2.75) is 6.54 Å². The average molecular weight is 354 g/mol. The smallest absolute Gasteiger partial charge is 0.159 e. The van der Waals surface area contributed by atoms with Crippen molar-refractivity contribution in [3.8, 4) is 22.9 Å². The zero-order valence-electron chi connectivity index (χ0n) is 13.6. The van der Waals surface area contributed by atoms with Gasteiger partial charge in [0.2, 0.25) is 0 Å². The van der Waals surface area contributed by atoms with Crippen molar-refractivity contribution in [1.29, 1.82) is 0 Å². The number of H-pyrrole nitrogens is 1. The Morgan fingerprint density at radius 2 is 2.00 bits per heavy atom. The molecular weight excluding hydrogens is 338 g/mol. The molecule has 3 heterocycles. The number of hydrogen-bond donors (Lipinski definition) is 1. The number of benzene rings is 1. The van der Waals surface area contributed by atoms with Crippen molar-refractivity contribution in [3.05, 3.63) is 53.9 Å². The fourth-order valence-corrected chi connectivity index (χ4v) is 2.91. The van der Waals surface area contributed by atoms with Crippen LogP contribution in [0.1, 0.15) is 0 Å². The molecule has 0 atom stereocenters. The van der Waals surface area contributed by atoms with Crippen molar-refractivity contribution in [3.63, 3.8) is 0 Å². The molecule has 0 amide bonds. The first-order valence-electron chi connectivity index (χ1n) is 7.87. The van der Waals surface area contributed by atoms with E-state index >= 15 is 0 Å². The maximum absolute atomic E-state index is 5.95. The van der Waals surface area contributed by atoms with E-state index in [4.69, 9.17) is 21.3 Å². The number of halogens is 1. The molecule has 0 saturated carbocycles. The minimum atomic E-state index is 0.596. The molecule has 3 aromatic heterocycles. The number of ether oxygens (including phenoxy) is 1. The molecule has 1 aromatic carbocycles. The first-order chi connectivity index (χ1) is 12.3. The van der Waals surface area contributed by atoms with Crippen molar-refractivity contribution < 1.29 is 4.74 Å². The van der Waals surface area contributed by atoms with Crippen molar-refractivity contribution in [2.24, 2.45) is 0 Å². The summed E-state index contributed by atoms with van der Waals surface area (Å²) in [6, 6.07) is 9.51. The summed E-state index contributed by atoms with van der Waals surface area (Å²) < 4.78 is 7.35. The average Bonchev–Trinajstić information content (AvgIpc) is 3.25. The summed E-state index contributed by atoms with van der Waals surface area (Å²) in [6.45, 7) is 1.29. The highest BCUT2D eigenvalue weighted by molar-refractivity contribution is 6.30. The van der Waals surface area contributed by atoms with Crippen LogP contribution in [0.4, 0.5) is 0 Å². The Morgan fingerprint density at radius 3 is 2.80 bits per heavy atom. The quantitative estimate of drug-likeness (QED) is 0.592. The van der Waals surface area contributed by atoms with Crippen LogP contribution in [0, 0.1) is 0 Å². The summed E-state index contributed by atoms with van der Waals surface area (Å²) in [5, 5.41) is 0.699. The topological polar surface area (TPSA) is 68.6 Å². The molecule has 7 heteroatoms. The van der Waals surface area contributed by atoms with E-state index in [1.165, 1.54) is 0 Å². The lowest BCUT2D eigenvalue weighted by Gasteiger charge is -2.07. The highest BCUT2D eigenvalue weighted by atomic mass is 35.5. The lowest BCUT2D eigenvalue weighted by Crippen LogP contribution is -2.06. The fourth-order valence-electron chi connectivity index (χ4n) is 2.79. The van der Waals surface area contributed by atoms with E-state index in [1.807, 2.05) is 30.3 Å². The van der Waals surface area contributed by atoms with Crippen LogP contribution in [0.25, 0.3) is 33.9 Å². The first-order valence-corrected chi connectivity index (χ1v) is 8.24. The number of nitrogens with one attached hydrogen (secondary N) is 1. The monoisotopic (exact) mass is 353 g/mol. The molecular formula is C18H16ClN5O. The summed E-state index contributed by atoms with van der Waals surface area (Å²) in [5.74, 6) is 1.59. The fraction of sp³-hybridized carbons (Fsp3) is 0.167. The number of nitrogens with zero attached hydrogens (tertiary/aromatic N) is 4. The van der Waals surface area contributed by atoms with Gasteiger partial charge in [-0.1, -0.05) is 11.6 Å². The lowest BCUT2D eigenvalue weighted by atomic mass is 10.2. The van der Waals surface area contributed by atoms with Gasteiger partial charge >= 0.3 is 0 Å². The Hall–Kier alpha value is -2.70. The molecule has 0 fully saturated rings. The van der Waals surface area contributed by atoms with Crippen LogP contribution in [-0.2, 0) is 11.3 Å². The van der Waals surface area contributed by atoms with Gasteiger partial charge in [-0.15, -0.1) is 0 Å². The maximum atomic E-state index is 5.95. The van der Waals surface area contributed by atoms with Gasteiger partial charge in [0.1, 0.15) is 17.0 Å². The van der Waals surface area contributed by atoms with Crippen LogP contribution in [0.5, 0.6) is 0 Å². The van der Waals surface area contributed by atoms with E-state index < -0.39 is 0 Å². The van der Waals surface area contributed by atoms with Gasteiger partial charge in [0.05, 0.1) is 24.5 Å². The second kappa shape index (κ2) is 6.66. The number of rotatable bonds is 5. The minimum Gasteiger partial charge on any atom is -0.383 e. The largest absolute Gasteiger partial charge is 0.383 e. The zero-order valence-corrected chi connectivity index (χ0v) is 14.4. The van der Waals surface area contributed by atoms with Crippen LogP contribution >= 0.6 is 11.6 Å². The number of methoxy groups -OCH3 is 1. The van der Waals surface area contributed by atoms with Crippen LogP contribution in [-0.4, -0.2) is 38.2 Å². The first kappa shape index (κ1) is 15.8. The molecule has 4 rings (SSSR count). The molecule has 0 spiro atoms. The van der Waals surface area contributed by atoms with E-state index in [0.717, 1.165) is 33.9 Å². The van der Waals surface area contributed by atoms with Gasteiger partial charge in [-0.2, -0.15) is 0 Å². The second-order valence-corrected chi connectivity index (χ2v) is 6.03. The Balaban J connectivity index is 1.78. The molecule has 4 aromatic rings. The van der Waals surface area contributed by atoms with Crippen LogP contribution < -0.4 is 0 Å². The molecule has 0 aliphatic carbocycles.